The lowest BCUT2D eigenvalue weighted by Gasteiger charge is -2.23. The summed E-state index contributed by atoms with van der Waals surface area (Å²) < 4.78 is 53.0. The lowest BCUT2D eigenvalue weighted by Crippen LogP contribution is -2.24. The highest BCUT2D eigenvalue weighted by atomic mass is 19.4. The maximum absolute atomic E-state index is 13.0. The molecule has 1 N–H and O–H groups in total. The molecular formula is C34H39F3N6O6. The number of H-pyrrole nitrogens is 1. The van der Waals surface area contributed by atoms with Crippen LogP contribution in [0.3, 0.4) is 0 Å². The van der Waals surface area contributed by atoms with Gasteiger partial charge in [0.2, 0.25) is 6.29 Å². The Morgan fingerprint density at radius 3 is 1.90 bits per heavy atom. The van der Waals surface area contributed by atoms with Gasteiger partial charge < -0.3 is 23.8 Å². The van der Waals surface area contributed by atoms with Crippen LogP contribution in [0.15, 0.2) is 58.4 Å². The Kier molecular flexibility index (Phi) is 11.3. The van der Waals surface area contributed by atoms with Gasteiger partial charge in [-0.3, -0.25) is 23.7 Å². The number of methoxy groups -OCH3 is 1. The third kappa shape index (κ3) is 8.64. The van der Waals surface area contributed by atoms with Crippen molar-refractivity contribution < 1.29 is 32.2 Å². The number of nitrogens with one attached hydrogen (secondary N) is 1. The summed E-state index contributed by atoms with van der Waals surface area (Å²) in [5, 5.41) is 10.2. The zero-order valence-corrected chi connectivity index (χ0v) is 27.5. The third-order valence-electron chi connectivity index (χ3n) is 8.53. The van der Waals surface area contributed by atoms with Gasteiger partial charge in [0.25, 0.3) is 11.1 Å². The van der Waals surface area contributed by atoms with Crippen LogP contribution in [0.25, 0.3) is 21.8 Å². The standard InChI is InChI=1S/C20H23N3O3.C12H15N3O2.C2HF3O/c1-14-11-19-18(12-21-23(19)16-7-9-26-10-8-16)20(24)22(14)13-15-3-5-17(25-2)6-4-15;1-8-6-11-10(12(16)14-8)7-13-15(11)9-2-4-17-5-3-9;3-2(4,5)1-6/h3-6,11-12,16H,7-10,13H2,1-2H3;6-7,9H,2-5H2,1H3,(H,14,16);1H. The van der Waals surface area contributed by atoms with Gasteiger partial charge in [0.1, 0.15) is 5.75 Å². The van der Waals surface area contributed by atoms with Crippen LogP contribution in [0.5, 0.6) is 5.75 Å². The Morgan fingerprint density at radius 2 is 1.39 bits per heavy atom. The highest BCUT2D eigenvalue weighted by Crippen LogP contribution is 2.26. The molecule has 0 radical (unpaired) electrons. The molecule has 2 aliphatic heterocycles. The maximum atomic E-state index is 13.0. The first-order chi connectivity index (χ1) is 23.5. The molecule has 2 fully saturated rings. The first-order valence-electron chi connectivity index (χ1n) is 16.0. The van der Waals surface area contributed by atoms with Gasteiger partial charge in [-0.15, -0.1) is 0 Å². The van der Waals surface area contributed by atoms with E-state index in [0.29, 0.717) is 29.4 Å². The molecule has 4 aromatic heterocycles. The summed E-state index contributed by atoms with van der Waals surface area (Å²) in [6.07, 6.45) is 1.45. The van der Waals surface area contributed by atoms with Crippen molar-refractivity contribution in [2.24, 2.45) is 0 Å². The van der Waals surface area contributed by atoms with Crippen molar-refractivity contribution in [1.29, 1.82) is 0 Å². The average molecular weight is 685 g/mol. The van der Waals surface area contributed by atoms with Crippen LogP contribution in [0, 0.1) is 13.8 Å². The number of hydrogen-bond acceptors (Lipinski definition) is 8. The molecule has 49 heavy (non-hydrogen) atoms. The minimum atomic E-state index is -4.64. The van der Waals surface area contributed by atoms with E-state index in [1.807, 2.05) is 53.5 Å². The zero-order chi connectivity index (χ0) is 35.1. The summed E-state index contributed by atoms with van der Waals surface area (Å²) in [4.78, 5) is 36.3. The summed E-state index contributed by atoms with van der Waals surface area (Å²) in [5.74, 6) is 0.811. The molecule has 2 saturated heterocycles. The largest absolute Gasteiger partial charge is 0.497 e. The number of aryl methyl sites for hydroxylation is 2. The van der Waals surface area contributed by atoms with Crippen molar-refractivity contribution in [3.05, 3.63) is 86.5 Å². The predicted octanol–water partition coefficient (Wildman–Crippen LogP) is 5.05. The average Bonchev–Trinajstić information content (AvgIpc) is 3.73. The third-order valence-corrected chi connectivity index (χ3v) is 8.53. The van der Waals surface area contributed by atoms with Gasteiger partial charge in [0.05, 0.1) is 59.9 Å². The van der Waals surface area contributed by atoms with Gasteiger partial charge >= 0.3 is 6.18 Å². The molecule has 1 aromatic carbocycles. The van der Waals surface area contributed by atoms with E-state index in [1.54, 1.807) is 24.1 Å². The molecule has 0 amide bonds. The maximum Gasteiger partial charge on any atom is 0.446 e. The number of carbonyl (C=O) groups excluding carboxylic acids is 1. The van der Waals surface area contributed by atoms with Crippen LogP contribution in [-0.2, 0) is 20.8 Å². The number of aromatic nitrogens is 6. The Labute approximate surface area is 279 Å². The second kappa shape index (κ2) is 15.6. The lowest BCUT2D eigenvalue weighted by atomic mass is 10.1. The monoisotopic (exact) mass is 684 g/mol. The molecule has 12 nitrogen and oxygen atoms in total. The Hall–Kier alpha value is -4.76. The molecule has 0 bridgehead atoms. The van der Waals surface area contributed by atoms with Crippen LogP contribution >= 0.6 is 0 Å². The normalized spacial score (nSPS) is 15.7. The van der Waals surface area contributed by atoms with E-state index < -0.39 is 12.5 Å². The number of nitrogens with zero attached hydrogens (tertiary/aromatic N) is 5. The number of hydrogen-bond donors (Lipinski definition) is 1. The van der Waals surface area contributed by atoms with E-state index in [0.717, 1.165) is 85.8 Å². The number of fused-ring (bicyclic) bond motifs is 2. The van der Waals surface area contributed by atoms with Crippen LogP contribution < -0.4 is 15.9 Å². The first-order valence-corrected chi connectivity index (χ1v) is 16.0. The molecule has 0 saturated carbocycles. The topological polar surface area (TPSA) is 135 Å². The summed E-state index contributed by atoms with van der Waals surface area (Å²) >= 11 is 0. The Balaban J connectivity index is 0.000000174. The van der Waals surface area contributed by atoms with Crippen LogP contribution in [-0.4, -0.2) is 75.1 Å². The lowest BCUT2D eigenvalue weighted by molar-refractivity contribution is -0.156. The molecule has 7 rings (SSSR count). The fourth-order valence-corrected chi connectivity index (χ4v) is 5.99. The van der Waals surface area contributed by atoms with Crippen molar-refractivity contribution in [2.45, 2.75) is 64.3 Å². The molecule has 0 spiro atoms. The predicted molar refractivity (Wildman–Crippen MR) is 176 cm³/mol. The van der Waals surface area contributed by atoms with Gasteiger partial charge in [0.15, 0.2) is 0 Å². The number of aromatic amines is 1. The molecule has 15 heteroatoms. The molecular weight excluding hydrogens is 645 g/mol. The summed E-state index contributed by atoms with van der Waals surface area (Å²) in [5.41, 5.74) is 4.67. The SMILES string of the molecule is COc1ccc(Cn2c(C)cc3c(cnn3C3CCOCC3)c2=O)cc1.Cc1cc2c(cnn2C2CCOCC2)c(=O)[nH]1.O=CC(F)(F)F. The summed E-state index contributed by atoms with van der Waals surface area (Å²) in [6.45, 7) is 7.45. The molecule has 0 aliphatic carbocycles. The zero-order valence-electron chi connectivity index (χ0n) is 27.5. The molecule has 6 heterocycles. The van der Waals surface area contributed by atoms with Crippen molar-refractivity contribution in [2.75, 3.05) is 33.5 Å². The van der Waals surface area contributed by atoms with Gasteiger partial charge in [-0.05, 0) is 69.4 Å². The molecule has 0 unspecified atom stereocenters. The second-order valence-electron chi connectivity index (χ2n) is 11.9. The number of ether oxygens (including phenoxy) is 3. The Bertz CT molecular complexity index is 1980. The number of rotatable bonds is 5. The van der Waals surface area contributed by atoms with E-state index in [1.165, 1.54) is 0 Å². The van der Waals surface area contributed by atoms with Crippen molar-refractivity contribution in [3.8, 4) is 5.75 Å². The van der Waals surface area contributed by atoms with E-state index in [2.05, 4.69) is 21.2 Å². The van der Waals surface area contributed by atoms with Crippen molar-refractivity contribution in [1.82, 2.24) is 29.1 Å². The van der Waals surface area contributed by atoms with Crippen molar-refractivity contribution in [3.63, 3.8) is 0 Å². The van der Waals surface area contributed by atoms with Gasteiger partial charge in [-0.2, -0.15) is 23.4 Å². The highest BCUT2D eigenvalue weighted by Gasteiger charge is 2.25. The number of aldehydes is 1. The van der Waals surface area contributed by atoms with Gasteiger partial charge in [0, 0.05) is 37.8 Å². The van der Waals surface area contributed by atoms with E-state index in [9.17, 15) is 22.8 Å². The molecule has 262 valence electrons. The van der Waals surface area contributed by atoms with E-state index in [4.69, 9.17) is 19.0 Å². The number of carbonyl (C=O) groups is 1. The quantitative estimate of drug-likeness (QED) is 0.254. The highest BCUT2D eigenvalue weighted by molar-refractivity contribution is 5.78. The number of pyridine rings is 2. The summed E-state index contributed by atoms with van der Waals surface area (Å²) in [6, 6.07) is 12.5. The summed E-state index contributed by atoms with van der Waals surface area (Å²) in [7, 11) is 1.65. The van der Waals surface area contributed by atoms with E-state index >= 15 is 0 Å². The van der Waals surface area contributed by atoms with Gasteiger partial charge in [-0.25, -0.2) is 0 Å². The van der Waals surface area contributed by atoms with Crippen LogP contribution in [0.1, 0.15) is 54.7 Å². The number of halogens is 3. The fraction of sp³-hybridized carbons (Fsp3) is 0.441. The molecule has 5 aromatic rings. The minimum Gasteiger partial charge on any atom is -0.497 e. The van der Waals surface area contributed by atoms with Crippen molar-refractivity contribution >= 4 is 28.1 Å². The van der Waals surface area contributed by atoms with Crippen LogP contribution in [0.2, 0.25) is 0 Å². The molecule has 0 atom stereocenters. The number of benzene rings is 1. The smallest absolute Gasteiger partial charge is 0.446 e. The second-order valence-corrected chi connectivity index (χ2v) is 11.9. The number of alkyl halides is 3. The van der Waals surface area contributed by atoms with Gasteiger partial charge in [-0.1, -0.05) is 12.1 Å². The first kappa shape index (κ1) is 35.5. The minimum absolute atomic E-state index is 0.00845. The fourth-order valence-electron chi connectivity index (χ4n) is 5.99. The van der Waals surface area contributed by atoms with E-state index in [-0.39, 0.29) is 11.1 Å². The van der Waals surface area contributed by atoms with Crippen LogP contribution in [0.4, 0.5) is 13.2 Å². The Morgan fingerprint density at radius 1 is 0.878 bits per heavy atom. The molecule has 2 aliphatic rings.